The molecule has 252 valence electrons. The molecule has 1 aromatic carbocycles. The van der Waals surface area contributed by atoms with Crippen LogP contribution in [0, 0.1) is 16.0 Å². The maximum Gasteiger partial charge on any atom is 0.330 e. The first-order valence-corrected chi connectivity index (χ1v) is 15.4. The molecule has 0 aliphatic heterocycles. The molecule has 0 saturated carbocycles. The molecular formula is C33H42N6O8. The number of carbonyl (C=O) groups is 2. The fraction of sp³-hybridized carbons (Fsp3) is 0.455. The van der Waals surface area contributed by atoms with E-state index >= 15 is 0 Å². The third-order valence-corrected chi connectivity index (χ3v) is 7.47. The molecule has 1 aromatic rings. The van der Waals surface area contributed by atoms with Gasteiger partial charge in [-0.25, -0.2) is 9.59 Å². The first-order valence-electron chi connectivity index (χ1n) is 15.4. The molecule has 14 heteroatoms. The van der Waals surface area contributed by atoms with Crippen molar-refractivity contribution in [1.82, 2.24) is 4.90 Å². The van der Waals surface area contributed by atoms with Crippen molar-refractivity contribution in [2.24, 2.45) is 26.4 Å². The molecule has 47 heavy (non-hydrogen) atoms. The molecule has 0 spiro atoms. The van der Waals surface area contributed by atoms with E-state index in [9.17, 15) is 19.7 Å². The SMILES string of the molecule is C=CC(=O)OCCOC1=CC(N=NC2C=CC(N(CC)CC)CC2C)C(OCCOC(=O)C=C)C=C1N=Nc1ccc([N+](=O)[O-])cc1. The zero-order chi connectivity index (χ0) is 34.2. The lowest BCUT2D eigenvalue weighted by Crippen LogP contribution is -2.38. The van der Waals surface area contributed by atoms with E-state index in [2.05, 4.69) is 71.4 Å². The molecule has 0 radical (unpaired) electrons. The summed E-state index contributed by atoms with van der Waals surface area (Å²) >= 11 is 0. The zero-order valence-electron chi connectivity index (χ0n) is 27.0. The van der Waals surface area contributed by atoms with Gasteiger partial charge < -0.3 is 18.9 Å². The number of hydrogen-bond acceptors (Lipinski definition) is 13. The summed E-state index contributed by atoms with van der Waals surface area (Å²) in [5.41, 5.74) is 0.571. The molecule has 0 heterocycles. The number of likely N-dealkylation sites (N-methyl/N-ethyl adjacent to an activating group) is 1. The summed E-state index contributed by atoms with van der Waals surface area (Å²) in [4.78, 5) is 35.9. The van der Waals surface area contributed by atoms with Crippen LogP contribution in [0.4, 0.5) is 11.4 Å². The van der Waals surface area contributed by atoms with E-state index in [0.29, 0.717) is 17.5 Å². The Morgan fingerprint density at radius 2 is 1.57 bits per heavy atom. The Kier molecular flexibility index (Phi) is 14.8. The Morgan fingerprint density at radius 3 is 2.17 bits per heavy atom. The number of carbonyl (C=O) groups excluding carboxylic acids is 2. The minimum absolute atomic E-state index is 0.00214. The number of rotatable bonds is 18. The quantitative estimate of drug-likeness (QED) is 0.0362. The number of hydrogen-bond donors (Lipinski definition) is 0. The Bertz CT molecular complexity index is 1400. The van der Waals surface area contributed by atoms with Gasteiger partial charge in [0.2, 0.25) is 0 Å². The van der Waals surface area contributed by atoms with Gasteiger partial charge in [-0.3, -0.25) is 15.0 Å². The van der Waals surface area contributed by atoms with Crippen LogP contribution in [0.25, 0.3) is 0 Å². The van der Waals surface area contributed by atoms with E-state index in [1.165, 1.54) is 24.3 Å². The van der Waals surface area contributed by atoms with E-state index in [4.69, 9.17) is 18.9 Å². The predicted molar refractivity (Wildman–Crippen MR) is 174 cm³/mol. The van der Waals surface area contributed by atoms with Gasteiger partial charge in [0.05, 0.1) is 23.3 Å². The van der Waals surface area contributed by atoms with Crippen molar-refractivity contribution in [3.8, 4) is 0 Å². The van der Waals surface area contributed by atoms with Crippen LogP contribution in [0.15, 0.2) is 106 Å². The first kappa shape index (κ1) is 36.6. The summed E-state index contributed by atoms with van der Waals surface area (Å²) in [6, 6.07) is 5.14. The van der Waals surface area contributed by atoms with Crippen LogP contribution in [0.2, 0.25) is 0 Å². The maximum absolute atomic E-state index is 11.5. The molecule has 2 aliphatic rings. The maximum atomic E-state index is 11.5. The lowest BCUT2D eigenvalue weighted by Gasteiger charge is -2.34. The molecule has 3 rings (SSSR count). The summed E-state index contributed by atoms with van der Waals surface area (Å²) in [7, 11) is 0. The van der Waals surface area contributed by atoms with Crippen LogP contribution in [-0.2, 0) is 28.5 Å². The topological polar surface area (TPSA) is 167 Å². The third kappa shape index (κ3) is 11.5. The van der Waals surface area contributed by atoms with Crippen LogP contribution in [0.1, 0.15) is 27.2 Å². The van der Waals surface area contributed by atoms with E-state index in [-0.39, 0.29) is 49.8 Å². The van der Waals surface area contributed by atoms with Gasteiger partial charge in [-0.1, -0.05) is 46.1 Å². The summed E-state index contributed by atoms with van der Waals surface area (Å²) in [5, 5.41) is 28.9. The highest BCUT2D eigenvalue weighted by Gasteiger charge is 2.30. The zero-order valence-corrected chi connectivity index (χ0v) is 27.0. The Labute approximate surface area is 274 Å². The number of nitro groups is 1. The highest BCUT2D eigenvalue weighted by atomic mass is 16.6. The second-order valence-electron chi connectivity index (χ2n) is 10.6. The number of azo groups is 2. The molecule has 14 nitrogen and oxygen atoms in total. The van der Waals surface area contributed by atoms with Crippen LogP contribution in [0.3, 0.4) is 0 Å². The van der Waals surface area contributed by atoms with Gasteiger partial charge in [-0.15, -0.1) is 5.11 Å². The molecular weight excluding hydrogens is 608 g/mol. The Balaban J connectivity index is 1.88. The van der Waals surface area contributed by atoms with Gasteiger partial charge in [-0.05, 0) is 49.7 Å². The average molecular weight is 651 g/mol. The highest BCUT2D eigenvalue weighted by molar-refractivity contribution is 5.81. The molecule has 0 bridgehead atoms. The molecule has 0 fully saturated rings. The lowest BCUT2D eigenvalue weighted by molar-refractivity contribution is -0.384. The van der Waals surface area contributed by atoms with Gasteiger partial charge >= 0.3 is 11.9 Å². The second kappa shape index (κ2) is 19.0. The monoisotopic (exact) mass is 650 g/mol. The van der Waals surface area contributed by atoms with E-state index in [0.717, 1.165) is 31.7 Å². The van der Waals surface area contributed by atoms with E-state index in [1.807, 2.05) is 0 Å². The standard InChI is InChI=1S/C33H42N6O8/c1-6-32(40)46-18-16-44-30-22-29(37-35-27-15-14-26(20-23(27)5)38(8-3)9-4)31(45-17-19-47-33(41)7-2)21-28(30)36-34-24-10-12-25(13-11-24)39(42)43/h6-7,10-15,21-23,26-27,29,31H,1-2,8-9,16-20H2,3-5H3. The van der Waals surface area contributed by atoms with Gasteiger partial charge in [-0.2, -0.15) is 15.3 Å². The number of benzene rings is 1. The van der Waals surface area contributed by atoms with Crippen molar-refractivity contribution < 1.29 is 33.5 Å². The summed E-state index contributed by atoms with van der Waals surface area (Å²) in [6.07, 6.45) is 10.0. The molecule has 5 unspecified atom stereocenters. The number of nitro benzene ring substituents is 1. The minimum atomic E-state index is -0.691. The Hall–Kier alpha value is -4.82. The molecule has 0 N–H and O–H groups in total. The molecule has 0 saturated heterocycles. The van der Waals surface area contributed by atoms with Crippen molar-refractivity contribution in [1.29, 1.82) is 0 Å². The van der Waals surface area contributed by atoms with E-state index < -0.39 is 29.0 Å². The number of nitrogens with zero attached hydrogens (tertiary/aromatic N) is 6. The van der Waals surface area contributed by atoms with Crippen molar-refractivity contribution in [3.05, 3.63) is 95.4 Å². The molecule has 2 aliphatic carbocycles. The molecule has 0 amide bonds. The molecule has 0 aromatic heterocycles. The van der Waals surface area contributed by atoms with Gasteiger partial charge in [0.15, 0.2) is 0 Å². The highest BCUT2D eigenvalue weighted by Crippen LogP contribution is 2.30. The second-order valence-corrected chi connectivity index (χ2v) is 10.6. The number of non-ortho nitro benzene ring substituents is 1. The van der Waals surface area contributed by atoms with Crippen molar-refractivity contribution in [2.75, 3.05) is 39.5 Å². The number of ether oxygens (including phenoxy) is 4. The minimum Gasteiger partial charge on any atom is -0.488 e. The van der Waals surface area contributed by atoms with Crippen molar-refractivity contribution >= 4 is 23.3 Å². The normalized spacial score (nSPS) is 22.5. The Morgan fingerprint density at radius 1 is 0.936 bits per heavy atom. The lowest BCUT2D eigenvalue weighted by atomic mass is 9.88. The summed E-state index contributed by atoms with van der Waals surface area (Å²) < 4.78 is 22.1. The fourth-order valence-electron chi connectivity index (χ4n) is 4.91. The number of esters is 2. The largest absolute Gasteiger partial charge is 0.488 e. The predicted octanol–water partition coefficient (Wildman–Crippen LogP) is 5.82. The van der Waals surface area contributed by atoms with Gasteiger partial charge in [0, 0.05) is 30.3 Å². The summed E-state index contributed by atoms with van der Waals surface area (Å²) in [5.74, 6) is -0.622. The van der Waals surface area contributed by atoms with Gasteiger partial charge in [0.1, 0.15) is 43.4 Å². The van der Waals surface area contributed by atoms with Crippen LogP contribution in [-0.4, -0.2) is 85.5 Å². The average Bonchev–Trinajstić information content (AvgIpc) is 3.08. The van der Waals surface area contributed by atoms with Crippen LogP contribution < -0.4 is 0 Å². The van der Waals surface area contributed by atoms with Crippen LogP contribution in [0.5, 0.6) is 0 Å². The van der Waals surface area contributed by atoms with Crippen molar-refractivity contribution in [3.63, 3.8) is 0 Å². The van der Waals surface area contributed by atoms with Crippen molar-refractivity contribution in [2.45, 2.75) is 51.4 Å². The van der Waals surface area contributed by atoms with Gasteiger partial charge in [0.25, 0.3) is 5.69 Å². The molecule has 5 atom stereocenters. The first-order chi connectivity index (χ1) is 22.7. The third-order valence-electron chi connectivity index (χ3n) is 7.47. The van der Waals surface area contributed by atoms with Crippen LogP contribution >= 0.6 is 0 Å². The fourth-order valence-corrected chi connectivity index (χ4v) is 4.91. The van der Waals surface area contributed by atoms with E-state index in [1.54, 1.807) is 12.2 Å². The summed E-state index contributed by atoms with van der Waals surface area (Å²) in [6.45, 7) is 15.1. The smallest absolute Gasteiger partial charge is 0.330 e.